The molecular weight excluding hydrogens is 266 g/mol. The van der Waals surface area contributed by atoms with E-state index in [-0.39, 0.29) is 18.6 Å². The number of nitrogens with one attached hydrogen (secondary N) is 1. The molecule has 1 aromatic carbocycles. The van der Waals surface area contributed by atoms with Gasteiger partial charge in [-0.15, -0.1) is 0 Å². The topological polar surface area (TPSA) is 65.5 Å². The van der Waals surface area contributed by atoms with Crippen LogP contribution in [0.2, 0.25) is 0 Å². The van der Waals surface area contributed by atoms with Gasteiger partial charge in [-0.1, -0.05) is 24.3 Å². The van der Waals surface area contributed by atoms with Crippen LogP contribution in [0.5, 0.6) is 0 Å². The van der Waals surface area contributed by atoms with E-state index in [4.69, 9.17) is 5.11 Å². The number of nitrogens with zero attached hydrogens (tertiary/aromatic N) is 2. The number of rotatable bonds is 5. The molecule has 0 saturated heterocycles. The van der Waals surface area contributed by atoms with Crippen LogP contribution in [0.4, 0.5) is 5.82 Å². The van der Waals surface area contributed by atoms with Crippen molar-refractivity contribution in [3.63, 3.8) is 0 Å². The van der Waals surface area contributed by atoms with Gasteiger partial charge in [-0.25, -0.2) is 4.98 Å². The number of benzene rings is 1. The van der Waals surface area contributed by atoms with Crippen molar-refractivity contribution in [2.24, 2.45) is 0 Å². The minimum absolute atomic E-state index is 0.0101. The average Bonchev–Trinajstić information content (AvgIpc) is 2.50. The van der Waals surface area contributed by atoms with Gasteiger partial charge in [-0.2, -0.15) is 0 Å². The second-order valence-corrected chi connectivity index (χ2v) is 5.14. The maximum absolute atomic E-state index is 12.6. The number of fused-ring (bicyclic) bond motifs is 1. The Hall–Kier alpha value is -2.14. The average molecular weight is 287 g/mol. The summed E-state index contributed by atoms with van der Waals surface area (Å²) >= 11 is 0. The van der Waals surface area contributed by atoms with E-state index in [1.54, 1.807) is 18.0 Å². The van der Waals surface area contributed by atoms with Crippen LogP contribution in [0.1, 0.15) is 24.3 Å². The summed E-state index contributed by atoms with van der Waals surface area (Å²) in [6.45, 7) is 4.09. The van der Waals surface area contributed by atoms with Gasteiger partial charge >= 0.3 is 0 Å². The molecule has 0 atom stereocenters. The molecule has 0 aliphatic carbocycles. The smallest absolute Gasteiger partial charge is 0.272 e. The van der Waals surface area contributed by atoms with Gasteiger partial charge in [0.2, 0.25) is 0 Å². The van der Waals surface area contributed by atoms with Gasteiger partial charge in [0, 0.05) is 25.0 Å². The Bertz CT molecular complexity index is 640. The van der Waals surface area contributed by atoms with E-state index in [9.17, 15) is 4.79 Å². The van der Waals surface area contributed by atoms with Gasteiger partial charge < -0.3 is 15.3 Å². The summed E-state index contributed by atoms with van der Waals surface area (Å²) in [6.07, 6.45) is 0. The lowest BCUT2D eigenvalue weighted by Gasteiger charge is -2.25. The molecule has 0 bridgehead atoms. The largest absolute Gasteiger partial charge is 0.395 e. The molecule has 21 heavy (non-hydrogen) atoms. The first-order chi connectivity index (χ1) is 10.1. The Kier molecular flexibility index (Phi) is 4.75. The number of aliphatic hydroxyl groups excluding tert-OH is 1. The number of carbonyl (C=O) groups is 1. The fraction of sp³-hybridized carbons (Fsp3) is 0.375. The molecule has 0 saturated carbocycles. The monoisotopic (exact) mass is 287 g/mol. The van der Waals surface area contributed by atoms with E-state index in [0.717, 1.165) is 10.8 Å². The highest BCUT2D eigenvalue weighted by atomic mass is 16.3. The number of hydrogen-bond donors (Lipinski definition) is 2. The SMILES string of the molecule is CNc1nc(C(=O)N(CCO)C(C)C)cc2ccccc12. The van der Waals surface area contributed by atoms with E-state index < -0.39 is 0 Å². The number of pyridine rings is 1. The fourth-order valence-corrected chi connectivity index (χ4v) is 2.35. The minimum atomic E-state index is -0.165. The predicted molar refractivity (Wildman–Crippen MR) is 84.5 cm³/mol. The summed E-state index contributed by atoms with van der Waals surface area (Å²) in [7, 11) is 1.79. The fourth-order valence-electron chi connectivity index (χ4n) is 2.35. The van der Waals surface area contributed by atoms with E-state index in [1.807, 2.05) is 38.1 Å². The number of aromatic nitrogens is 1. The van der Waals surface area contributed by atoms with Crippen LogP contribution in [0.3, 0.4) is 0 Å². The van der Waals surface area contributed by atoms with E-state index in [2.05, 4.69) is 10.3 Å². The lowest BCUT2D eigenvalue weighted by Crippen LogP contribution is -2.39. The Labute approximate surface area is 124 Å². The van der Waals surface area contributed by atoms with Crippen molar-refractivity contribution in [3.8, 4) is 0 Å². The summed E-state index contributed by atoms with van der Waals surface area (Å²) < 4.78 is 0. The molecule has 0 radical (unpaired) electrons. The maximum Gasteiger partial charge on any atom is 0.272 e. The summed E-state index contributed by atoms with van der Waals surface area (Å²) in [6, 6.07) is 9.61. The zero-order valence-corrected chi connectivity index (χ0v) is 12.6. The third kappa shape index (κ3) is 3.13. The molecule has 1 amide bonds. The van der Waals surface area contributed by atoms with Crippen LogP contribution in [-0.2, 0) is 0 Å². The molecule has 0 fully saturated rings. The molecule has 0 spiro atoms. The van der Waals surface area contributed by atoms with Crippen molar-refractivity contribution in [1.29, 1.82) is 0 Å². The van der Waals surface area contributed by atoms with Crippen LogP contribution in [-0.4, -0.2) is 47.1 Å². The van der Waals surface area contributed by atoms with Crippen molar-refractivity contribution in [3.05, 3.63) is 36.0 Å². The molecule has 2 N–H and O–H groups in total. The Morgan fingerprint density at radius 1 is 1.38 bits per heavy atom. The minimum Gasteiger partial charge on any atom is -0.395 e. The first-order valence-corrected chi connectivity index (χ1v) is 7.08. The normalized spacial score (nSPS) is 10.9. The number of amides is 1. The number of carbonyl (C=O) groups excluding carboxylic acids is 1. The zero-order chi connectivity index (χ0) is 15.4. The Morgan fingerprint density at radius 2 is 2.10 bits per heavy atom. The van der Waals surface area contributed by atoms with Crippen LogP contribution >= 0.6 is 0 Å². The van der Waals surface area contributed by atoms with Crippen LogP contribution in [0.15, 0.2) is 30.3 Å². The Morgan fingerprint density at radius 3 is 2.71 bits per heavy atom. The lowest BCUT2D eigenvalue weighted by atomic mass is 10.1. The molecule has 0 aliphatic rings. The number of anilines is 1. The molecule has 2 aromatic rings. The summed E-state index contributed by atoms with van der Waals surface area (Å²) in [5.41, 5.74) is 0.389. The van der Waals surface area contributed by atoms with Crippen molar-refractivity contribution >= 4 is 22.5 Å². The highest BCUT2D eigenvalue weighted by molar-refractivity contribution is 6.00. The van der Waals surface area contributed by atoms with Gasteiger partial charge in [-0.05, 0) is 25.3 Å². The third-order valence-electron chi connectivity index (χ3n) is 3.42. The van der Waals surface area contributed by atoms with Gasteiger partial charge in [-0.3, -0.25) is 4.79 Å². The maximum atomic E-state index is 12.6. The summed E-state index contributed by atoms with van der Waals surface area (Å²) in [5, 5.41) is 14.1. The van der Waals surface area contributed by atoms with E-state index in [1.165, 1.54) is 0 Å². The van der Waals surface area contributed by atoms with Crippen molar-refractivity contribution in [1.82, 2.24) is 9.88 Å². The Balaban J connectivity index is 2.48. The van der Waals surface area contributed by atoms with Crippen molar-refractivity contribution in [2.75, 3.05) is 25.5 Å². The van der Waals surface area contributed by atoms with Crippen molar-refractivity contribution in [2.45, 2.75) is 19.9 Å². The zero-order valence-electron chi connectivity index (χ0n) is 12.6. The molecule has 0 unspecified atom stereocenters. The first kappa shape index (κ1) is 15.3. The molecule has 5 nitrogen and oxygen atoms in total. The van der Waals surface area contributed by atoms with Gasteiger partial charge in [0.05, 0.1) is 6.61 Å². The molecule has 5 heteroatoms. The van der Waals surface area contributed by atoms with Crippen LogP contribution < -0.4 is 5.32 Å². The first-order valence-electron chi connectivity index (χ1n) is 7.08. The highest BCUT2D eigenvalue weighted by Crippen LogP contribution is 2.23. The van der Waals surface area contributed by atoms with Crippen molar-refractivity contribution < 1.29 is 9.90 Å². The second-order valence-electron chi connectivity index (χ2n) is 5.14. The molecule has 0 aliphatic heterocycles. The standard InChI is InChI=1S/C16H21N3O2/c1-11(2)19(8-9-20)16(21)14-10-12-6-4-5-7-13(12)15(17-3)18-14/h4-7,10-11,20H,8-9H2,1-3H3,(H,17,18). The predicted octanol–water partition coefficient (Wildman–Crippen LogP) is 2.12. The van der Waals surface area contributed by atoms with Crippen LogP contribution in [0, 0.1) is 0 Å². The number of aliphatic hydroxyl groups is 1. The van der Waals surface area contributed by atoms with Gasteiger partial charge in [0.15, 0.2) is 0 Å². The highest BCUT2D eigenvalue weighted by Gasteiger charge is 2.20. The lowest BCUT2D eigenvalue weighted by molar-refractivity contribution is 0.0660. The second kappa shape index (κ2) is 6.54. The quantitative estimate of drug-likeness (QED) is 0.884. The van der Waals surface area contributed by atoms with E-state index in [0.29, 0.717) is 18.1 Å². The van der Waals surface area contributed by atoms with Gasteiger partial charge in [0.1, 0.15) is 11.5 Å². The molecular formula is C16H21N3O2. The van der Waals surface area contributed by atoms with Gasteiger partial charge in [0.25, 0.3) is 5.91 Å². The third-order valence-corrected chi connectivity index (χ3v) is 3.42. The molecule has 2 rings (SSSR count). The van der Waals surface area contributed by atoms with Crippen LogP contribution in [0.25, 0.3) is 10.8 Å². The van der Waals surface area contributed by atoms with E-state index >= 15 is 0 Å². The summed E-state index contributed by atoms with van der Waals surface area (Å²) in [4.78, 5) is 18.7. The molecule has 1 aromatic heterocycles. The number of hydrogen-bond acceptors (Lipinski definition) is 4. The molecule has 1 heterocycles. The summed E-state index contributed by atoms with van der Waals surface area (Å²) in [5.74, 6) is 0.519. The molecule has 112 valence electrons.